The SMILES string of the molecule is Cc1cccc(C)c1OCC(C)NC(=O)c1ccc2c(=O)n3c(nc2c1)CCCCC3. The molecular formula is C25H29N3O3. The molecule has 0 spiro atoms. The van der Waals surface area contributed by atoms with Crippen molar-refractivity contribution in [2.24, 2.45) is 0 Å². The van der Waals surface area contributed by atoms with Crippen molar-refractivity contribution in [3.63, 3.8) is 0 Å². The number of fused-ring (bicyclic) bond motifs is 2. The summed E-state index contributed by atoms with van der Waals surface area (Å²) in [4.78, 5) is 30.4. The largest absolute Gasteiger partial charge is 0.491 e. The fourth-order valence-corrected chi connectivity index (χ4v) is 4.14. The number of aromatic nitrogens is 2. The fourth-order valence-electron chi connectivity index (χ4n) is 4.14. The molecule has 0 saturated carbocycles. The monoisotopic (exact) mass is 419 g/mol. The Bertz CT molecular complexity index is 1160. The van der Waals surface area contributed by atoms with Gasteiger partial charge in [0.15, 0.2) is 0 Å². The van der Waals surface area contributed by atoms with Gasteiger partial charge in [-0.15, -0.1) is 0 Å². The minimum Gasteiger partial charge on any atom is -0.491 e. The Morgan fingerprint density at radius 2 is 1.94 bits per heavy atom. The standard InChI is InChI=1S/C25H29N3O3/c1-16-8-7-9-17(2)23(16)31-15-18(3)26-24(29)19-11-12-20-21(14-19)27-22-10-5-4-6-13-28(22)25(20)30/h7-9,11-12,14,18H,4-6,10,13,15H2,1-3H3,(H,26,29). The lowest BCUT2D eigenvalue weighted by Crippen LogP contribution is -2.37. The van der Waals surface area contributed by atoms with Gasteiger partial charge in [-0.1, -0.05) is 24.6 Å². The van der Waals surface area contributed by atoms with Crippen molar-refractivity contribution in [2.75, 3.05) is 6.61 Å². The van der Waals surface area contributed by atoms with E-state index in [-0.39, 0.29) is 17.5 Å². The lowest BCUT2D eigenvalue weighted by atomic mass is 10.1. The van der Waals surface area contributed by atoms with Crippen LogP contribution in [0.25, 0.3) is 10.9 Å². The highest BCUT2D eigenvalue weighted by Gasteiger charge is 2.16. The number of ether oxygens (including phenoxy) is 1. The molecule has 1 atom stereocenters. The number of aryl methyl sites for hydroxylation is 3. The van der Waals surface area contributed by atoms with Crippen molar-refractivity contribution in [2.45, 2.75) is 59.0 Å². The molecule has 1 aliphatic rings. The van der Waals surface area contributed by atoms with E-state index in [1.165, 1.54) is 0 Å². The first kappa shape index (κ1) is 21.1. The highest BCUT2D eigenvalue weighted by atomic mass is 16.5. The summed E-state index contributed by atoms with van der Waals surface area (Å²) < 4.78 is 7.75. The van der Waals surface area contributed by atoms with Gasteiger partial charge < -0.3 is 10.1 Å². The first-order chi connectivity index (χ1) is 14.9. The summed E-state index contributed by atoms with van der Waals surface area (Å²) in [6, 6.07) is 11.0. The predicted octanol–water partition coefficient (Wildman–Crippen LogP) is 3.94. The molecule has 162 valence electrons. The van der Waals surface area contributed by atoms with Crippen molar-refractivity contribution >= 4 is 16.8 Å². The van der Waals surface area contributed by atoms with Gasteiger partial charge in [0.2, 0.25) is 0 Å². The highest BCUT2D eigenvalue weighted by Crippen LogP contribution is 2.22. The van der Waals surface area contributed by atoms with E-state index in [1.807, 2.05) is 39.0 Å². The lowest BCUT2D eigenvalue weighted by molar-refractivity contribution is 0.0926. The number of nitrogens with one attached hydrogen (secondary N) is 1. The smallest absolute Gasteiger partial charge is 0.261 e. The van der Waals surface area contributed by atoms with Crippen molar-refractivity contribution in [1.82, 2.24) is 14.9 Å². The zero-order valence-corrected chi connectivity index (χ0v) is 18.4. The maximum absolute atomic E-state index is 12.9. The second-order valence-electron chi connectivity index (χ2n) is 8.43. The molecule has 3 aromatic rings. The van der Waals surface area contributed by atoms with Crippen LogP contribution < -0.4 is 15.6 Å². The zero-order valence-electron chi connectivity index (χ0n) is 18.4. The van der Waals surface area contributed by atoms with E-state index >= 15 is 0 Å². The molecule has 1 aliphatic heterocycles. The van der Waals surface area contributed by atoms with E-state index in [9.17, 15) is 9.59 Å². The van der Waals surface area contributed by atoms with Crippen LogP contribution in [0.1, 0.15) is 53.5 Å². The van der Waals surface area contributed by atoms with Gasteiger partial charge in [0.05, 0.1) is 16.9 Å². The van der Waals surface area contributed by atoms with Gasteiger partial charge in [-0.2, -0.15) is 0 Å². The average Bonchev–Trinajstić information content (AvgIpc) is 2.99. The van der Waals surface area contributed by atoms with E-state index in [4.69, 9.17) is 9.72 Å². The number of nitrogens with zero attached hydrogens (tertiary/aromatic N) is 2. The quantitative estimate of drug-likeness (QED) is 0.680. The molecule has 31 heavy (non-hydrogen) atoms. The summed E-state index contributed by atoms with van der Waals surface area (Å²) in [5.41, 5.74) is 3.22. The predicted molar refractivity (Wildman–Crippen MR) is 122 cm³/mol. The van der Waals surface area contributed by atoms with E-state index in [0.29, 0.717) is 23.1 Å². The van der Waals surface area contributed by atoms with Gasteiger partial charge in [0.1, 0.15) is 18.2 Å². The zero-order chi connectivity index (χ0) is 22.0. The number of carbonyl (C=O) groups is 1. The van der Waals surface area contributed by atoms with E-state index in [1.54, 1.807) is 22.8 Å². The Morgan fingerprint density at radius 3 is 2.71 bits per heavy atom. The number of amides is 1. The van der Waals surface area contributed by atoms with E-state index in [2.05, 4.69) is 5.32 Å². The number of hydrogen-bond donors (Lipinski definition) is 1. The average molecular weight is 420 g/mol. The molecule has 0 fully saturated rings. The number of benzene rings is 2. The highest BCUT2D eigenvalue weighted by molar-refractivity contribution is 5.97. The van der Waals surface area contributed by atoms with Crippen molar-refractivity contribution < 1.29 is 9.53 Å². The molecule has 1 unspecified atom stereocenters. The van der Waals surface area contributed by atoms with E-state index in [0.717, 1.165) is 54.9 Å². The molecule has 6 nitrogen and oxygen atoms in total. The van der Waals surface area contributed by atoms with Crippen LogP contribution in [0, 0.1) is 13.8 Å². The molecule has 1 aromatic heterocycles. The number of rotatable bonds is 5. The fraction of sp³-hybridized carbons (Fsp3) is 0.400. The second kappa shape index (κ2) is 8.92. The van der Waals surface area contributed by atoms with Crippen molar-refractivity contribution in [3.8, 4) is 5.75 Å². The molecule has 0 saturated heterocycles. The van der Waals surface area contributed by atoms with Crippen LogP contribution in [0.5, 0.6) is 5.75 Å². The number of para-hydroxylation sites is 1. The minimum absolute atomic E-state index is 0.00998. The topological polar surface area (TPSA) is 73.2 Å². The Balaban J connectivity index is 1.49. The molecule has 1 N–H and O–H groups in total. The number of hydrogen-bond acceptors (Lipinski definition) is 4. The molecule has 0 aliphatic carbocycles. The van der Waals surface area contributed by atoms with Crippen LogP contribution >= 0.6 is 0 Å². The molecule has 2 heterocycles. The third-order valence-electron chi connectivity index (χ3n) is 5.84. The second-order valence-corrected chi connectivity index (χ2v) is 8.43. The normalized spacial score (nSPS) is 14.5. The van der Waals surface area contributed by atoms with Crippen molar-refractivity contribution in [1.29, 1.82) is 0 Å². The van der Waals surface area contributed by atoms with Gasteiger partial charge in [-0.05, 0) is 62.9 Å². The molecule has 0 radical (unpaired) electrons. The van der Waals surface area contributed by atoms with Gasteiger partial charge in [-0.25, -0.2) is 4.98 Å². The van der Waals surface area contributed by atoms with Crippen LogP contribution in [-0.4, -0.2) is 28.1 Å². The molecule has 6 heteroatoms. The maximum Gasteiger partial charge on any atom is 0.261 e. The molecule has 2 aromatic carbocycles. The summed E-state index contributed by atoms with van der Waals surface area (Å²) in [6.45, 7) is 7.03. The summed E-state index contributed by atoms with van der Waals surface area (Å²) in [6.07, 6.45) is 3.95. The summed E-state index contributed by atoms with van der Waals surface area (Å²) in [5, 5.41) is 3.55. The van der Waals surface area contributed by atoms with Crippen LogP contribution in [0.2, 0.25) is 0 Å². The molecular weight excluding hydrogens is 390 g/mol. The Kier molecular flexibility index (Phi) is 6.07. The summed E-state index contributed by atoms with van der Waals surface area (Å²) in [7, 11) is 0. The summed E-state index contributed by atoms with van der Waals surface area (Å²) in [5.74, 6) is 1.49. The number of carbonyl (C=O) groups excluding carboxylic acids is 1. The van der Waals surface area contributed by atoms with E-state index < -0.39 is 0 Å². The Morgan fingerprint density at radius 1 is 1.16 bits per heavy atom. The van der Waals surface area contributed by atoms with Crippen LogP contribution in [0.4, 0.5) is 0 Å². The Hall–Kier alpha value is -3.15. The van der Waals surface area contributed by atoms with Gasteiger partial charge in [0, 0.05) is 18.5 Å². The Labute approximate surface area is 182 Å². The van der Waals surface area contributed by atoms with Crippen molar-refractivity contribution in [3.05, 3.63) is 69.3 Å². The molecule has 0 bridgehead atoms. The first-order valence-electron chi connectivity index (χ1n) is 11.0. The van der Waals surface area contributed by atoms with Gasteiger partial charge in [-0.3, -0.25) is 14.2 Å². The lowest BCUT2D eigenvalue weighted by Gasteiger charge is -2.17. The molecule has 4 rings (SSSR count). The van der Waals surface area contributed by atoms with Gasteiger partial charge in [0.25, 0.3) is 11.5 Å². The first-order valence-corrected chi connectivity index (χ1v) is 11.0. The summed E-state index contributed by atoms with van der Waals surface area (Å²) >= 11 is 0. The van der Waals surface area contributed by atoms with Crippen LogP contribution in [0.3, 0.4) is 0 Å². The van der Waals surface area contributed by atoms with Gasteiger partial charge >= 0.3 is 0 Å². The molecule has 1 amide bonds. The maximum atomic E-state index is 12.9. The van der Waals surface area contributed by atoms with Crippen LogP contribution in [0.15, 0.2) is 41.2 Å². The third kappa shape index (κ3) is 4.48. The third-order valence-corrected chi connectivity index (χ3v) is 5.84. The van der Waals surface area contributed by atoms with Crippen LogP contribution in [-0.2, 0) is 13.0 Å². The minimum atomic E-state index is -0.198.